The number of rotatable bonds is 7. The molecule has 0 unspecified atom stereocenters. The molecule has 0 radical (unpaired) electrons. The number of hydrogen-bond acceptors (Lipinski definition) is 3. The van der Waals surface area contributed by atoms with Crippen molar-refractivity contribution >= 4 is 15.9 Å². The largest absolute Gasteiger partial charge is 0.269 e. The molecule has 110 valence electrons. The van der Waals surface area contributed by atoms with Gasteiger partial charge in [-0.1, -0.05) is 51.2 Å². The van der Waals surface area contributed by atoms with Crippen LogP contribution in [-0.2, 0) is 10.0 Å². The maximum atomic E-state index is 12.3. The summed E-state index contributed by atoms with van der Waals surface area (Å²) < 4.78 is 25.6. The summed E-state index contributed by atoms with van der Waals surface area (Å²) in [6.45, 7) is 2.45. The zero-order chi connectivity index (χ0) is 14.6. The van der Waals surface area contributed by atoms with Crippen LogP contribution in [0.1, 0.15) is 55.8 Å². The molecule has 0 atom stereocenters. The highest BCUT2D eigenvalue weighted by Gasteiger charge is 2.40. The minimum Gasteiger partial charge on any atom is -0.268 e. The lowest BCUT2D eigenvalue weighted by molar-refractivity contribution is 0.0869. The van der Waals surface area contributed by atoms with E-state index in [1.54, 1.807) is 18.2 Å². The van der Waals surface area contributed by atoms with E-state index in [9.17, 15) is 13.2 Å². The SMILES string of the molecule is CCCCCCCCN1C(=O)c2ccccc2S1(=O)=O. The fraction of sp³-hybridized carbons (Fsp3) is 0.533. The first kappa shape index (κ1) is 15.0. The second kappa shape index (κ2) is 6.39. The zero-order valence-electron chi connectivity index (χ0n) is 11.8. The lowest BCUT2D eigenvalue weighted by Gasteiger charge is -2.14. The van der Waals surface area contributed by atoms with Crippen molar-refractivity contribution in [2.75, 3.05) is 6.54 Å². The Balaban J connectivity index is 1.96. The summed E-state index contributed by atoms with van der Waals surface area (Å²) in [4.78, 5) is 12.3. The number of sulfonamides is 1. The molecule has 0 N–H and O–H groups in total. The maximum Gasteiger partial charge on any atom is 0.269 e. The van der Waals surface area contributed by atoms with Gasteiger partial charge in [-0.2, -0.15) is 0 Å². The molecule has 0 saturated heterocycles. The molecule has 1 aromatic carbocycles. The summed E-state index contributed by atoms with van der Waals surface area (Å²) in [5.41, 5.74) is 0.304. The molecule has 0 bridgehead atoms. The molecule has 0 aromatic heterocycles. The molecule has 20 heavy (non-hydrogen) atoms. The molecular weight excluding hydrogens is 274 g/mol. The Labute approximate surface area is 120 Å². The van der Waals surface area contributed by atoms with Gasteiger partial charge in [0.1, 0.15) is 4.90 Å². The second-order valence-corrected chi connectivity index (χ2v) is 6.98. The van der Waals surface area contributed by atoms with Crippen molar-refractivity contribution in [2.24, 2.45) is 0 Å². The second-order valence-electron chi connectivity index (χ2n) is 5.15. The number of carbonyl (C=O) groups excluding carboxylic acids is 1. The number of nitrogens with zero attached hydrogens (tertiary/aromatic N) is 1. The molecule has 1 amide bonds. The topological polar surface area (TPSA) is 54.5 Å². The lowest BCUT2D eigenvalue weighted by Crippen LogP contribution is -2.30. The lowest BCUT2D eigenvalue weighted by atomic mass is 10.1. The van der Waals surface area contributed by atoms with Crippen LogP contribution in [0.3, 0.4) is 0 Å². The third-order valence-corrected chi connectivity index (χ3v) is 5.47. The van der Waals surface area contributed by atoms with E-state index in [2.05, 4.69) is 6.92 Å². The third kappa shape index (κ3) is 2.87. The quantitative estimate of drug-likeness (QED) is 0.726. The smallest absolute Gasteiger partial charge is 0.268 e. The predicted octanol–water partition coefficient (Wildman–Crippen LogP) is 3.19. The van der Waals surface area contributed by atoms with Gasteiger partial charge >= 0.3 is 0 Å². The molecule has 4 nitrogen and oxygen atoms in total. The Morgan fingerprint density at radius 2 is 1.65 bits per heavy atom. The number of carbonyl (C=O) groups is 1. The van der Waals surface area contributed by atoms with E-state index in [1.807, 2.05) is 0 Å². The summed E-state index contributed by atoms with van der Waals surface area (Å²) in [5.74, 6) is -0.380. The maximum absolute atomic E-state index is 12.3. The van der Waals surface area contributed by atoms with Crippen molar-refractivity contribution in [3.05, 3.63) is 29.8 Å². The Kier molecular flexibility index (Phi) is 4.81. The molecule has 1 aromatic rings. The Bertz CT molecular complexity index is 581. The van der Waals surface area contributed by atoms with E-state index in [4.69, 9.17) is 0 Å². The van der Waals surface area contributed by atoms with Gasteiger partial charge in [0.15, 0.2) is 0 Å². The normalized spacial score (nSPS) is 16.4. The van der Waals surface area contributed by atoms with Gasteiger partial charge in [0.2, 0.25) is 0 Å². The summed E-state index contributed by atoms with van der Waals surface area (Å²) >= 11 is 0. The van der Waals surface area contributed by atoms with Gasteiger partial charge in [-0.15, -0.1) is 0 Å². The molecule has 0 spiro atoms. The van der Waals surface area contributed by atoms with Gasteiger partial charge in [0.25, 0.3) is 15.9 Å². The van der Waals surface area contributed by atoms with Crippen LogP contribution in [0, 0.1) is 0 Å². The van der Waals surface area contributed by atoms with Crippen LogP contribution in [0.4, 0.5) is 0 Å². The average Bonchev–Trinajstić information content (AvgIpc) is 2.63. The van der Waals surface area contributed by atoms with E-state index >= 15 is 0 Å². The first-order chi connectivity index (χ1) is 9.59. The molecule has 1 aliphatic heterocycles. The number of fused-ring (bicyclic) bond motifs is 1. The summed E-state index contributed by atoms with van der Waals surface area (Å²) in [7, 11) is -3.61. The molecule has 1 heterocycles. The van der Waals surface area contributed by atoms with E-state index in [0.29, 0.717) is 12.1 Å². The van der Waals surface area contributed by atoms with Crippen molar-refractivity contribution in [3.63, 3.8) is 0 Å². The minimum absolute atomic E-state index is 0.149. The van der Waals surface area contributed by atoms with Crippen molar-refractivity contribution < 1.29 is 13.2 Å². The van der Waals surface area contributed by atoms with Gasteiger partial charge in [-0.25, -0.2) is 12.7 Å². The summed E-state index contributed by atoms with van der Waals surface area (Å²) in [6, 6.07) is 6.43. The number of benzene rings is 1. The third-order valence-electron chi connectivity index (χ3n) is 3.63. The highest BCUT2D eigenvalue weighted by atomic mass is 32.2. The number of unbranched alkanes of at least 4 members (excludes halogenated alkanes) is 5. The van der Waals surface area contributed by atoms with Gasteiger partial charge < -0.3 is 0 Å². The molecule has 1 aliphatic rings. The van der Waals surface area contributed by atoms with Crippen LogP contribution in [0.2, 0.25) is 0 Å². The first-order valence-electron chi connectivity index (χ1n) is 7.25. The van der Waals surface area contributed by atoms with Crippen molar-refractivity contribution in [1.29, 1.82) is 0 Å². The number of amides is 1. The zero-order valence-corrected chi connectivity index (χ0v) is 12.7. The van der Waals surface area contributed by atoms with Crippen molar-refractivity contribution in [3.8, 4) is 0 Å². The van der Waals surface area contributed by atoms with Gasteiger partial charge in [0, 0.05) is 6.54 Å². The van der Waals surface area contributed by atoms with Crippen LogP contribution in [-0.4, -0.2) is 25.2 Å². The van der Waals surface area contributed by atoms with Crippen molar-refractivity contribution in [1.82, 2.24) is 4.31 Å². The molecule has 0 saturated carbocycles. The van der Waals surface area contributed by atoms with Gasteiger partial charge in [0.05, 0.1) is 5.56 Å². The molecule has 0 aliphatic carbocycles. The van der Waals surface area contributed by atoms with Gasteiger partial charge in [-0.3, -0.25) is 4.79 Å². The minimum atomic E-state index is -3.61. The van der Waals surface area contributed by atoms with E-state index in [-0.39, 0.29) is 10.8 Å². The van der Waals surface area contributed by atoms with Crippen LogP contribution >= 0.6 is 0 Å². The van der Waals surface area contributed by atoms with Crippen LogP contribution in [0.5, 0.6) is 0 Å². The fourth-order valence-corrected chi connectivity index (χ4v) is 4.10. The molecule has 5 heteroatoms. The predicted molar refractivity (Wildman–Crippen MR) is 78.0 cm³/mol. The standard InChI is InChI=1S/C15H21NO3S/c1-2-3-4-5-6-9-12-16-15(17)13-10-7-8-11-14(13)20(16,18)19/h7-8,10-11H,2-6,9,12H2,1H3. The number of hydrogen-bond donors (Lipinski definition) is 0. The molecule has 2 rings (SSSR count). The molecule has 0 fully saturated rings. The summed E-state index contributed by atoms with van der Waals surface area (Å²) in [5, 5.41) is 0. The highest BCUT2D eigenvalue weighted by molar-refractivity contribution is 7.90. The van der Waals surface area contributed by atoms with Crippen molar-refractivity contribution in [2.45, 2.75) is 50.3 Å². The van der Waals surface area contributed by atoms with E-state index in [0.717, 1.165) is 23.6 Å². The van der Waals surface area contributed by atoms with E-state index < -0.39 is 10.0 Å². The Hall–Kier alpha value is -1.36. The van der Waals surface area contributed by atoms with Crippen LogP contribution in [0.15, 0.2) is 29.2 Å². The monoisotopic (exact) mass is 295 g/mol. The first-order valence-corrected chi connectivity index (χ1v) is 8.69. The fourth-order valence-electron chi connectivity index (χ4n) is 2.49. The Morgan fingerprint density at radius 3 is 2.35 bits per heavy atom. The molecular formula is C15H21NO3S. The summed E-state index contributed by atoms with van der Waals surface area (Å²) in [6.07, 6.45) is 6.39. The van der Waals surface area contributed by atoms with E-state index in [1.165, 1.54) is 25.3 Å². The van der Waals surface area contributed by atoms with Crippen LogP contribution < -0.4 is 0 Å². The average molecular weight is 295 g/mol. The highest BCUT2D eigenvalue weighted by Crippen LogP contribution is 2.30. The van der Waals surface area contributed by atoms with Gasteiger partial charge in [-0.05, 0) is 18.6 Å². The Morgan fingerprint density at radius 1 is 1.00 bits per heavy atom. The van der Waals surface area contributed by atoms with Crippen LogP contribution in [0.25, 0.3) is 0 Å².